The Balaban J connectivity index is 2.25. The molecule has 1 aromatic heterocycles. The largest absolute Gasteiger partial charge is 0.481 e. The molecular weight excluding hydrogens is 446 g/mol. The highest BCUT2D eigenvalue weighted by Gasteiger charge is 2.22. The van der Waals surface area contributed by atoms with E-state index < -0.39 is 29.7 Å². The molecule has 0 spiro atoms. The predicted molar refractivity (Wildman–Crippen MR) is 116 cm³/mol. The second-order valence-electron chi connectivity index (χ2n) is 6.87. The molecule has 0 aliphatic rings. The zero-order chi connectivity index (χ0) is 23.1. The van der Waals surface area contributed by atoms with Gasteiger partial charge in [0.05, 0.1) is 6.42 Å². The van der Waals surface area contributed by atoms with Crippen molar-refractivity contribution >= 4 is 46.7 Å². The molecule has 166 valence electrons. The first-order chi connectivity index (χ1) is 14.6. The number of carboxylic acid groups (broad SMARTS) is 2. The average Bonchev–Trinajstić information content (AvgIpc) is 3.17. The lowest BCUT2D eigenvalue weighted by molar-refractivity contribution is -0.139. The maximum Gasteiger partial charge on any atom is 0.345 e. The van der Waals surface area contributed by atoms with Crippen LogP contribution in [0.15, 0.2) is 30.3 Å². The highest BCUT2D eigenvalue weighted by molar-refractivity contribution is 7.17. The first-order valence-corrected chi connectivity index (χ1v) is 10.5. The van der Waals surface area contributed by atoms with Crippen LogP contribution in [0.3, 0.4) is 0 Å². The summed E-state index contributed by atoms with van der Waals surface area (Å²) in [4.78, 5) is 46.3. The van der Waals surface area contributed by atoms with Gasteiger partial charge in [-0.2, -0.15) is 0 Å². The number of hydrogen-bond acceptors (Lipinski definition) is 6. The molecule has 0 aliphatic heterocycles. The van der Waals surface area contributed by atoms with Gasteiger partial charge < -0.3 is 15.9 Å². The average molecular weight is 468 g/mol. The number of nitrogens with zero attached hydrogens (tertiary/aromatic N) is 1. The van der Waals surface area contributed by atoms with Gasteiger partial charge in [-0.1, -0.05) is 17.7 Å². The fourth-order valence-electron chi connectivity index (χ4n) is 2.98. The number of hydrazine groups is 1. The van der Waals surface area contributed by atoms with Crippen LogP contribution in [0.5, 0.6) is 0 Å². The van der Waals surface area contributed by atoms with Gasteiger partial charge in [0.15, 0.2) is 0 Å². The van der Waals surface area contributed by atoms with Crippen LogP contribution in [0.1, 0.15) is 46.8 Å². The molecule has 0 radical (unpaired) electrons. The third-order valence-corrected chi connectivity index (χ3v) is 5.95. The fourth-order valence-corrected chi connectivity index (χ4v) is 4.13. The first kappa shape index (κ1) is 24.3. The topological polar surface area (TPSA) is 164 Å². The Labute approximate surface area is 187 Å². The monoisotopic (exact) mass is 467 g/mol. The van der Waals surface area contributed by atoms with Crippen molar-refractivity contribution in [2.45, 2.75) is 31.6 Å². The van der Waals surface area contributed by atoms with E-state index in [4.69, 9.17) is 28.3 Å². The summed E-state index contributed by atoms with van der Waals surface area (Å²) in [5.41, 5.74) is 6.20. The van der Waals surface area contributed by atoms with Crippen molar-refractivity contribution in [3.05, 3.63) is 45.8 Å². The Kier molecular flexibility index (Phi) is 8.55. The number of amides is 2. The van der Waals surface area contributed by atoms with Gasteiger partial charge in [0, 0.05) is 40.8 Å². The maximum absolute atomic E-state index is 12.2. The van der Waals surface area contributed by atoms with E-state index in [1.54, 1.807) is 24.3 Å². The zero-order valence-electron chi connectivity index (χ0n) is 16.4. The van der Waals surface area contributed by atoms with Gasteiger partial charge in [0.1, 0.15) is 4.88 Å². The number of aromatic carboxylic acids is 1. The van der Waals surface area contributed by atoms with Gasteiger partial charge in [-0.25, -0.2) is 10.6 Å². The fraction of sp³-hybridized carbons (Fsp3) is 0.300. The minimum atomic E-state index is -1.07. The normalized spacial score (nSPS) is 11.7. The number of halogens is 1. The van der Waals surface area contributed by atoms with Crippen molar-refractivity contribution in [3.63, 3.8) is 0 Å². The molecule has 0 fully saturated rings. The molecule has 0 saturated carbocycles. The van der Waals surface area contributed by atoms with Crippen LogP contribution in [-0.2, 0) is 14.4 Å². The summed E-state index contributed by atoms with van der Waals surface area (Å²) in [5.74, 6) is 2.14. The van der Waals surface area contributed by atoms with Crippen molar-refractivity contribution in [1.82, 2.24) is 5.01 Å². The summed E-state index contributed by atoms with van der Waals surface area (Å²) in [6, 6.07) is 8.02. The summed E-state index contributed by atoms with van der Waals surface area (Å²) >= 11 is 7.33. The number of primary amides is 1. The summed E-state index contributed by atoms with van der Waals surface area (Å²) in [6.07, 6.45) is 0.0328. The van der Waals surface area contributed by atoms with Gasteiger partial charge in [0.2, 0.25) is 11.8 Å². The Morgan fingerprint density at radius 1 is 1.10 bits per heavy atom. The van der Waals surface area contributed by atoms with Crippen LogP contribution in [-0.4, -0.2) is 45.5 Å². The predicted octanol–water partition coefficient (Wildman–Crippen LogP) is 2.68. The van der Waals surface area contributed by atoms with Crippen molar-refractivity contribution in [1.29, 1.82) is 0 Å². The van der Waals surface area contributed by atoms with Crippen LogP contribution in [0.25, 0.3) is 10.4 Å². The second-order valence-corrected chi connectivity index (χ2v) is 8.36. The maximum atomic E-state index is 12.2. The van der Waals surface area contributed by atoms with Crippen LogP contribution in [0, 0.1) is 0 Å². The van der Waals surface area contributed by atoms with E-state index in [1.807, 2.05) is 0 Å². The molecule has 31 heavy (non-hydrogen) atoms. The van der Waals surface area contributed by atoms with Crippen molar-refractivity contribution in [2.24, 2.45) is 11.6 Å². The number of hydrogen-bond donors (Lipinski definition) is 4. The standard InChI is InChI=1S/C20H22ClN3O6S/c21-14-5-4-11(8-13(14)15-6-7-16(31-15)20(29)30)12(9-19(27)28)10-24(23)18(26)3-1-2-17(22)25/h4-8,12H,1-3,9-10,23H2,(H2,22,25)(H,27,28)(H,29,30)/t12-/m0/s1. The van der Waals surface area contributed by atoms with Crippen LogP contribution >= 0.6 is 22.9 Å². The SMILES string of the molecule is NC(=O)CCCC(=O)N(N)C[C@H](CC(=O)O)c1ccc(Cl)c(-c2ccc(C(=O)O)s2)c1. The number of carbonyl (C=O) groups excluding carboxylic acids is 2. The van der Waals surface area contributed by atoms with E-state index in [2.05, 4.69) is 0 Å². The summed E-state index contributed by atoms with van der Waals surface area (Å²) < 4.78 is 0. The smallest absolute Gasteiger partial charge is 0.345 e. The Morgan fingerprint density at radius 3 is 2.39 bits per heavy atom. The van der Waals surface area contributed by atoms with E-state index in [1.165, 1.54) is 6.07 Å². The molecule has 1 heterocycles. The van der Waals surface area contributed by atoms with E-state index in [0.29, 0.717) is 21.0 Å². The lowest BCUT2D eigenvalue weighted by Gasteiger charge is -2.24. The van der Waals surface area contributed by atoms with Gasteiger partial charge in [-0.05, 0) is 36.2 Å². The number of rotatable bonds is 11. The lowest BCUT2D eigenvalue weighted by Crippen LogP contribution is -2.40. The molecule has 0 saturated heterocycles. The molecule has 6 N–H and O–H groups in total. The highest BCUT2D eigenvalue weighted by atomic mass is 35.5. The Morgan fingerprint density at radius 2 is 1.81 bits per heavy atom. The molecule has 0 aliphatic carbocycles. The number of aliphatic carboxylic acids is 1. The first-order valence-electron chi connectivity index (χ1n) is 9.26. The highest BCUT2D eigenvalue weighted by Crippen LogP contribution is 2.36. The molecule has 9 nitrogen and oxygen atoms in total. The summed E-state index contributed by atoms with van der Waals surface area (Å²) in [6.45, 7) is -0.0619. The number of thiophene rings is 1. The Bertz CT molecular complexity index is 993. The van der Waals surface area contributed by atoms with Crippen LogP contribution < -0.4 is 11.6 Å². The number of carboxylic acids is 2. The second kappa shape index (κ2) is 10.9. The van der Waals surface area contributed by atoms with E-state index in [0.717, 1.165) is 16.3 Å². The van der Waals surface area contributed by atoms with Crippen molar-refractivity contribution in [2.75, 3.05) is 6.54 Å². The number of nitrogens with two attached hydrogens (primary N) is 2. The van der Waals surface area contributed by atoms with Gasteiger partial charge in [-0.15, -0.1) is 11.3 Å². The molecule has 2 amide bonds. The van der Waals surface area contributed by atoms with Crippen molar-refractivity contribution in [3.8, 4) is 10.4 Å². The number of benzene rings is 1. The van der Waals surface area contributed by atoms with Crippen molar-refractivity contribution < 1.29 is 29.4 Å². The van der Waals surface area contributed by atoms with E-state index >= 15 is 0 Å². The minimum Gasteiger partial charge on any atom is -0.481 e. The summed E-state index contributed by atoms with van der Waals surface area (Å²) in [5, 5.41) is 19.8. The molecule has 1 atom stereocenters. The van der Waals surface area contributed by atoms with Gasteiger partial charge >= 0.3 is 11.9 Å². The minimum absolute atomic E-state index is 0.0122. The summed E-state index contributed by atoms with van der Waals surface area (Å²) in [7, 11) is 0. The van der Waals surface area contributed by atoms with Gasteiger partial charge in [-0.3, -0.25) is 19.4 Å². The Hall–Kier alpha value is -2.95. The molecular formula is C20H22ClN3O6S. The third-order valence-electron chi connectivity index (χ3n) is 4.52. The third kappa shape index (κ3) is 7.06. The lowest BCUT2D eigenvalue weighted by atomic mass is 9.93. The molecule has 0 unspecified atom stereocenters. The molecule has 0 bridgehead atoms. The molecule has 1 aromatic carbocycles. The van der Waals surface area contributed by atoms with Gasteiger partial charge in [0.25, 0.3) is 0 Å². The zero-order valence-corrected chi connectivity index (χ0v) is 18.0. The van der Waals surface area contributed by atoms with E-state index in [9.17, 15) is 24.3 Å². The molecule has 2 aromatic rings. The molecule has 11 heteroatoms. The number of carbonyl (C=O) groups is 4. The van der Waals surface area contributed by atoms with Crippen LogP contribution in [0.4, 0.5) is 0 Å². The van der Waals surface area contributed by atoms with E-state index in [-0.39, 0.29) is 37.1 Å². The quantitative estimate of drug-likeness (QED) is 0.224. The van der Waals surface area contributed by atoms with Crippen LogP contribution in [0.2, 0.25) is 5.02 Å². The molecule has 2 rings (SSSR count).